The Hall–Kier alpha value is -3.42. The Morgan fingerprint density at radius 2 is 2.03 bits per heavy atom. The summed E-state index contributed by atoms with van der Waals surface area (Å²) in [7, 11) is -4.44. The maximum absolute atomic E-state index is 13.6. The van der Waals surface area contributed by atoms with Crippen LogP contribution in [0.5, 0.6) is 5.75 Å². The number of amides is 2. The van der Waals surface area contributed by atoms with Crippen LogP contribution in [-0.2, 0) is 14.8 Å². The van der Waals surface area contributed by atoms with Gasteiger partial charge in [-0.15, -0.1) is 0 Å². The highest BCUT2D eigenvalue weighted by Crippen LogP contribution is 2.42. The Morgan fingerprint density at radius 3 is 2.59 bits per heavy atom. The Kier molecular flexibility index (Phi) is 6.25. The molecular formula is C18H21F2N5O6S. The molecule has 1 aromatic carbocycles. The topological polar surface area (TPSA) is 143 Å². The van der Waals surface area contributed by atoms with Crippen molar-refractivity contribution >= 4 is 33.4 Å². The van der Waals surface area contributed by atoms with Gasteiger partial charge in [0.25, 0.3) is 10.0 Å². The van der Waals surface area contributed by atoms with Gasteiger partial charge in [-0.2, -0.15) is 13.9 Å². The van der Waals surface area contributed by atoms with Crippen molar-refractivity contribution in [2.24, 2.45) is 0 Å². The van der Waals surface area contributed by atoms with Crippen LogP contribution in [0, 0.1) is 6.92 Å². The first kappa shape index (κ1) is 23.2. The molecule has 0 spiro atoms. The average Bonchev–Trinajstić information content (AvgIpc) is 3.08. The number of benzene rings is 1. The predicted octanol–water partition coefficient (Wildman–Crippen LogP) is 2.16. The zero-order chi connectivity index (χ0) is 23.8. The molecule has 1 aliphatic rings. The predicted molar refractivity (Wildman–Crippen MR) is 109 cm³/mol. The highest BCUT2D eigenvalue weighted by Gasteiger charge is 2.42. The van der Waals surface area contributed by atoms with E-state index in [1.54, 1.807) is 0 Å². The van der Waals surface area contributed by atoms with Gasteiger partial charge in [-0.05, 0) is 32.0 Å². The van der Waals surface area contributed by atoms with E-state index in [0.717, 1.165) is 10.5 Å². The summed E-state index contributed by atoms with van der Waals surface area (Å²) in [5, 5.41) is 17.3. The molecule has 2 amide bonds. The fourth-order valence-corrected chi connectivity index (χ4v) is 5.19. The molecule has 174 valence electrons. The number of fused-ring (bicyclic) bond motifs is 1. The third-order valence-electron chi connectivity index (χ3n) is 4.79. The molecular weight excluding hydrogens is 452 g/mol. The van der Waals surface area contributed by atoms with Crippen molar-refractivity contribution in [3.05, 3.63) is 30.1 Å². The second kappa shape index (κ2) is 8.61. The summed E-state index contributed by atoms with van der Waals surface area (Å²) in [6, 6.07) is 3.13. The molecule has 0 unspecified atom stereocenters. The highest BCUT2D eigenvalue weighted by molar-refractivity contribution is 7.93. The van der Waals surface area contributed by atoms with Crippen LogP contribution in [0.25, 0.3) is 0 Å². The van der Waals surface area contributed by atoms with Crippen molar-refractivity contribution in [1.82, 2.24) is 15.1 Å². The lowest BCUT2D eigenvalue weighted by Crippen LogP contribution is -2.54. The number of rotatable bonds is 6. The molecule has 0 radical (unpaired) electrons. The number of carbonyl (C=O) groups is 2. The summed E-state index contributed by atoms with van der Waals surface area (Å²) < 4.78 is 60.4. The second-order valence-corrected chi connectivity index (χ2v) is 8.87. The summed E-state index contributed by atoms with van der Waals surface area (Å²) in [6.07, 6.45) is -1.44. The monoisotopic (exact) mass is 473 g/mol. The molecule has 1 aliphatic heterocycles. The zero-order valence-electron chi connectivity index (χ0n) is 17.2. The molecule has 2 atom stereocenters. The lowest BCUT2D eigenvalue weighted by atomic mass is 10.1. The lowest BCUT2D eigenvalue weighted by Gasteiger charge is -2.41. The van der Waals surface area contributed by atoms with E-state index in [2.05, 4.69) is 15.7 Å². The van der Waals surface area contributed by atoms with Gasteiger partial charge in [0.1, 0.15) is 16.7 Å². The van der Waals surface area contributed by atoms with Crippen molar-refractivity contribution in [1.29, 1.82) is 0 Å². The van der Waals surface area contributed by atoms with E-state index in [0.29, 0.717) is 0 Å². The number of hydrogen-bond acceptors (Lipinski definition) is 6. The summed E-state index contributed by atoms with van der Waals surface area (Å²) in [5.74, 6) is -0.243. The van der Waals surface area contributed by atoms with E-state index in [-0.39, 0.29) is 40.0 Å². The number of halogens is 2. The summed E-state index contributed by atoms with van der Waals surface area (Å²) in [4.78, 5) is 21.9. The number of ether oxygens (including phenoxy) is 1. The van der Waals surface area contributed by atoms with E-state index >= 15 is 0 Å². The van der Waals surface area contributed by atoms with Crippen molar-refractivity contribution in [2.75, 3.05) is 16.2 Å². The Morgan fingerprint density at radius 1 is 1.34 bits per heavy atom. The maximum Gasteiger partial charge on any atom is 0.409 e. The van der Waals surface area contributed by atoms with E-state index in [9.17, 15) is 26.8 Å². The summed E-state index contributed by atoms with van der Waals surface area (Å²) in [6.45, 7) is 1.05. The summed E-state index contributed by atoms with van der Waals surface area (Å²) >= 11 is 0. The molecule has 0 aliphatic carbocycles. The number of aryl methyl sites for hydroxylation is 1. The van der Waals surface area contributed by atoms with Gasteiger partial charge in [0.15, 0.2) is 0 Å². The minimum absolute atomic E-state index is 0.00650. The number of hydrogen-bond donors (Lipinski definition) is 3. The lowest BCUT2D eigenvalue weighted by molar-refractivity contribution is -0.119. The van der Waals surface area contributed by atoms with Crippen molar-refractivity contribution in [3.63, 3.8) is 0 Å². The Labute approximate surface area is 182 Å². The maximum atomic E-state index is 13.6. The van der Waals surface area contributed by atoms with Gasteiger partial charge >= 0.3 is 12.6 Å². The molecule has 1 aromatic heterocycles. The van der Waals surface area contributed by atoms with E-state index in [1.807, 2.05) is 0 Å². The van der Waals surface area contributed by atoms with Crippen LogP contribution in [0.3, 0.4) is 0 Å². The van der Waals surface area contributed by atoms with Gasteiger partial charge in [0, 0.05) is 12.6 Å². The molecule has 2 aromatic rings. The third kappa shape index (κ3) is 4.44. The van der Waals surface area contributed by atoms with Crippen molar-refractivity contribution in [3.8, 4) is 5.75 Å². The highest BCUT2D eigenvalue weighted by atomic mass is 32.2. The van der Waals surface area contributed by atoms with Crippen molar-refractivity contribution < 1.29 is 36.6 Å². The number of carbonyl (C=O) groups excluding carboxylic acids is 1. The van der Waals surface area contributed by atoms with Crippen LogP contribution < -0.4 is 19.7 Å². The molecule has 3 N–H and O–H groups in total. The Bertz CT molecular complexity index is 1150. The largest absolute Gasteiger partial charge is 0.484 e. The number of anilines is 2. The smallest absolute Gasteiger partial charge is 0.409 e. The molecule has 2 heterocycles. The van der Waals surface area contributed by atoms with Gasteiger partial charge in [-0.3, -0.25) is 14.4 Å². The molecule has 11 nitrogen and oxygen atoms in total. The van der Waals surface area contributed by atoms with Gasteiger partial charge in [-0.1, -0.05) is 0 Å². The standard InChI is InChI=1S/C18H21F2N5O6S/c1-9-16(8-24(23-9)17(19)20)32(29,30)25-10(2)15(7-21-11(3)26)31-14-5-4-12(6-13(14)25)22-18(27)28/h4-6,8,10,15,17,22H,7H2,1-3H3,(H,21,26)(H,27,28)/t10-,15+/m1/s1. The minimum atomic E-state index is -4.44. The molecule has 32 heavy (non-hydrogen) atoms. The van der Waals surface area contributed by atoms with Gasteiger partial charge in [-0.25, -0.2) is 17.9 Å². The van der Waals surface area contributed by atoms with Crippen LogP contribution in [0.15, 0.2) is 29.3 Å². The fourth-order valence-electron chi connectivity index (χ4n) is 3.35. The first-order chi connectivity index (χ1) is 14.9. The normalized spacial score (nSPS) is 18.1. The number of aromatic nitrogens is 2. The first-order valence-electron chi connectivity index (χ1n) is 9.35. The number of nitrogens with one attached hydrogen (secondary N) is 2. The van der Waals surface area contributed by atoms with E-state index < -0.39 is 39.7 Å². The zero-order valence-corrected chi connectivity index (χ0v) is 18.1. The molecule has 0 bridgehead atoms. The van der Waals surface area contributed by atoms with Crippen LogP contribution in [0.2, 0.25) is 0 Å². The number of carboxylic acid groups (broad SMARTS) is 1. The number of sulfonamides is 1. The number of alkyl halides is 2. The van der Waals surface area contributed by atoms with Crippen molar-refractivity contribution in [2.45, 2.75) is 44.4 Å². The van der Waals surface area contributed by atoms with E-state index in [1.165, 1.54) is 39.0 Å². The molecule has 0 saturated heterocycles. The number of nitrogens with zero attached hydrogens (tertiary/aromatic N) is 3. The van der Waals surface area contributed by atoms with Crippen LogP contribution >= 0.6 is 0 Å². The van der Waals surface area contributed by atoms with E-state index in [4.69, 9.17) is 9.84 Å². The molecule has 3 rings (SSSR count). The quantitative estimate of drug-likeness (QED) is 0.583. The third-order valence-corrected chi connectivity index (χ3v) is 6.80. The molecule has 14 heteroatoms. The SMILES string of the molecule is CC(=O)NC[C@@H]1Oc2ccc(NC(=O)O)cc2N(S(=O)(=O)c2cn(C(F)F)nc2C)[C@@H]1C. The fraction of sp³-hybridized carbons (Fsp3) is 0.389. The minimum Gasteiger partial charge on any atom is -0.484 e. The van der Waals surface area contributed by atoms with Gasteiger partial charge in [0.05, 0.1) is 30.2 Å². The van der Waals surface area contributed by atoms with Crippen LogP contribution in [0.1, 0.15) is 26.1 Å². The Balaban J connectivity index is 2.14. The van der Waals surface area contributed by atoms with Gasteiger partial charge < -0.3 is 15.2 Å². The van der Waals surface area contributed by atoms with Crippen LogP contribution in [-0.4, -0.2) is 54.0 Å². The average molecular weight is 473 g/mol. The second-order valence-electron chi connectivity index (χ2n) is 7.08. The summed E-state index contributed by atoms with van der Waals surface area (Å²) in [5.41, 5.74) is -0.0525. The first-order valence-corrected chi connectivity index (χ1v) is 10.8. The van der Waals surface area contributed by atoms with Crippen LogP contribution in [0.4, 0.5) is 25.0 Å². The molecule has 0 saturated carbocycles. The molecule has 0 fully saturated rings. The van der Waals surface area contributed by atoms with Gasteiger partial charge in [0.2, 0.25) is 5.91 Å².